The van der Waals surface area contributed by atoms with Crippen LogP contribution in [0.2, 0.25) is 20.1 Å². The Hall–Kier alpha value is -2.07. The summed E-state index contributed by atoms with van der Waals surface area (Å²) < 4.78 is 0. The van der Waals surface area contributed by atoms with Crippen LogP contribution in [0, 0.1) is 0 Å². The predicted molar refractivity (Wildman–Crippen MR) is 136 cm³/mol. The summed E-state index contributed by atoms with van der Waals surface area (Å²) >= 11 is 25.1. The standard InChI is InChI=1S/C26H19Cl4NO/c27-22-10-4-8-18(24(22)29)12-20-15-31(14-17-6-2-1-3-7-17)16-21(26(20)32)13-19-9-5-11-23(28)25(19)30/h1-13H,14-16H2/b20-12-,21-13-. The third-order valence-electron chi connectivity index (χ3n) is 5.24. The van der Waals surface area contributed by atoms with Crippen LogP contribution in [-0.2, 0) is 11.3 Å². The zero-order valence-corrected chi connectivity index (χ0v) is 20.0. The second kappa shape index (κ2) is 10.2. The normalized spacial score (nSPS) is 17.3. The van der Waals surface area contributed by atoms with Crippen LogP contribution in [0.1, 0.15) is 16.7 Å². The quantitative estimate of drug-likeness (QED) is 0.338. The molecule has 1 aliphatic heterocycles. The predicted octanol–water partition coefficient (Wildman–Crippen LogP) is 7.85. The molecule has 6 heteroatoms. The molecular weight excluding hydrogens is 484 g/mol. The van der Waals surface area contributed by atoms with E-state index in [2.05, 4.69) is 17.0 Å². The molecule has 0 unspecified atom stereocenters. The minimum absolute atomic E-state index is 0.0404. The molecule has 0 spiro atoms. The highest BCUT2D eigenvalue weighted by Gasteiger charge is 2.27. The van der Waals surface area contributed by atoms with E-state index in [4.69, 9.17) is 46.4 Å². The summed E-state index contributed by atoms with van der Waals surface area (Å²) in [7, 11) is 0. The molecule has 0 N–H and O–H groups in total. The van der Waals surface area contributed by atoms with Crippen molar-refractivity contribution in [2.24, 2.45) is 0 Å². The Morgan fingerprint density at radius 2 is 1.19 bits per heavy atom. The molecule has 162 valence electrons. The Balaban J connectivity index is 1.74. The number of ketones is 1. The largest absolute Gasteiger partial charge is 0.290 e. The second-order valence-corrected chi connectivity index (χ2v) is 9.16. The van der Waals surface area contributed by atoms with E-state index in [0.717, 1.165) is 0 Å². The lowest BCUT2D eigenvalue weighted by Crippen LogP contribution is -2.37. The van der Waals surface area contributed by atoms with Gasteiger partial charge < -0.3 is 0 Å². The van der Waals surface area contributed by atoms with Crippen LogP contribution < -0.4 is 0 Å². The molecule has 1 aliphatic rings. The first-order valence-corrected chi connectivity index (χ1v) is 11.5. The van der Waals surface area contributed by atoms with Crippen LogP contribution in [0.5, 0.6) is 0 Å². The molecule has 0 aliphatic carbocycles. The number of hydrogen-bond acceptors (Lipinski definition) is 2. The van der Waals surface area contributed by atoms with Gasteiger partial charge in [0, 0.05) is 30.8 Å². The van der Waals surface area contributed by atoms with Crippen LogP contribution in [0.15, 0.2) is 77.9 Å². The van der Waals surface area contributed by atoms with Crippen molar-refractivity contribution in [2.75, 3.05) is 13.1 Å². The van der Waals surface area contributed by atoms with Gasteiger partial charge in [-0.15, -0.1) is 0 Å². The SMILES string of the molecule is O=C1/C(=C\c2cccc(Cl)c2Cl)CN(Cc2ccccc2)C/C1=C/c1cccc(Cl)c1Cl. The summed E-state index contributed by atoms with van der Waals surface area (Å²) in [4.78, 5) is 15.6. The number of likely N-dealkylation sites (tertiary alicyclic amines) is 1. The van der Waals surface area contributed by atoms with Gasteiger partial charge in [-0.2, -0.15) is 0 Å². The van der Waals surface area contributed by atoms with Gasteiger partial charge in [-0.3, -0.25) is 9.69 Å². The zero-order chi connectivity index (χ0) is 22.7. The molecule has 2 nitrogen and oxygen atoms in total. The number of benzene rings is 3. The average molecular weight is 503 g/mol. The monoisotopic (exact) mass is 501 g/mol. The van der Waals surface area contributed by atoms with Crippen LogP contribution >= 0.6 is 46.4 Å². The first-order chi connectivity index (χ1) is 15.4. The highest BCUT2D eigenvalue weighted by Crippen LogP contribution is 2.31. The maximum absolute atomic E-state index is 13.4. The van der Waals surface area contributed by atoms with Crippen LogP contribution in [0.25, 0.3) is 12.2 Å². The summed E-state index contributed by atoms with van der Waals surface area (Å²) in [5.74, 6) is -0.0404. The van der Waals surface area contributed by atoms with Crippen LogP contribution in [-0.4, -0.2) is 23.8 Å². The van der Waals surface area contributed by atoms with Crippen LogP contribution in [0.4, 0.5) is 0 Å². The summed E-state index contributed by atoms with van der Waals surface area (Å²) in [6.45, 7) is 1.70. The molecule has 0 bridgehead atoms. The third-order valence-corrected chi connectivity index (χ3v) is 6.91. The van der Waals surface area contributed by atoms with Crippen molar-refractivity contribution in [1.29, 1.82) is 0 Å². The van der Waals surface area contributed by atoms with Gasteiger partial charge in [-0.25, -0.2) is 0 Å². The summed E-state index contributed by atoms with van der Waals surface area (Å²) in [6.07, 6.45) is 3.64. The van der Waals surface area contributed by atoms with Crippen molar-refractivity contribution in [3.8, 4) is 0 Å². The molecule has 1 heterocycles. The molecular formula is C26H19Cl4NO. The number of carbonyl (C=O) groups excluding carboxylic acids is 1. The Bertz CT molecular complexity index is 1140. The molecule has 0 radical (unpaired) electrons. The fourth-order valence-electron chi connectivity index (χ4n) is 3.70. The average Bonchev–Trinajstić information content (AvgIpc) is 2.78. The van der Waals surface area contributed by atoms with E-state index in [-0.39, 0.29) is 5.78 Å². The molecule has 4 rings (SSSR count). The highest BCUT2D eigenvalue weighted by atomic mass is 35.5. The fourth-order valence-corrected chi connectivity index (χ4v) is 4.43. The highest BCUT2D eigenvalue weighted by molar-refractivity contribution is 6.43. The minimum Gasteiger partial charge on any atom is -0.290 e. The number of halogens is 4. The molecule has 32 heavy (non-hydrogen) atoms. The lowest BCUT2D eigenvalue weighted by molar-refractivity contribution is -0.113. The van der Waals surface area contributed by atoms with Gasteiger partial charge in [0.25, 0.3) is 0 Å². The van der Waals surface area contributed by atoms with Crippen molar-refractivity contribution >= 4 is 64.3 Å². The van der Waals surface area contributed by atoms with E-state index < -0.39 is 0 Å². The first kappa shape index (κ1) is 23.1. The maximum Gasteiger partial charge on any atom is 0.187 e. The topological polar surface area (TPSA) is 20.3 Å². The van der Waals surface area contributed by atoms with E-state index in [9.17, 15) is 4.79 Å². The van der Waals surface area contributed by atoms with E-state index in [1.54, 1.807) is 12.1 Å². The molecule has 0 saturated carbocycles. The molecule has 1 fully saturated rings. The Labute approximate surface area is 207 Å². The van der Waals surface area contributed by atoms with Crippen molar-refractivity contribution in [3.05, 3.63) is 115 Å². The zero-order valence-electron chi connectivity index (χ0n) is 17.0. The molecule has 3 aromatic rings. The third kappa shape index (κ3) is 5.28. The Morgan fingerprint density at radius 1 is 0.688 bits per heavy atom. The molecule has 3 aromatic carbocycles. The van der Waals surface area contributed by atoms with Crippen molar-refractivity contribution < 1.29 is 4.79 Å². The minimum atomic E-state index is -0.0404. The number of Topliss-reactive ketones (excluding diaryl/α,β-unsaturated/α-hetero) is 1. The van der Waals surface area contributed by atoms with E-state index in [0.29, 0.717) is 62.0 Å². The molecule has 0 amide bonds. The van der Waals surface area contributed by atoms with Crippen molar-refractivity contribution in [1.82, 2.24) is 4.90 Å². The molecule has 0 atom stereocenters. The number of carbonyl (C=O) groups is 1. The first-order valence-electron chi connectivity index (χ1n) is 10.0. The number of hydrogen-bond donors (Lipinski definition) is 0. The lowest BCUT2D eigenvalue weighted by atomic mass is 9.94. The van der Waals surface area contributed by atoms with E-state index in [1.165, 1.54) is 5.56 Å². The van der Waals surface area contributed by atoms with Crippen molar-refractivity contribution in [3.63, 3.8) is 0 Å². The van der Waals surface area contributed by atoms with E-state index >= 15 is 0 Å². The van der Waals surface area contributed by atoms with Gasteiger partial charge in [0.2, 0.25) is 0 Å². The van der Waals surface area contributed by atoms with Gasteiger partial charge in [-0.1, -0.05) is 101 Å². The number of piperidine rings is 1. The molecule has 1 saturated heterocycles. The van der Waals surface area contributed by atoms with Gasteiger partial charge in [-0.05, 0) is 41.0 Å². The summed E-state index contributed by atoms with van der Waals surface area (Å²) in [6, 6.07) is 20.9. The number of rotatable bonds is 4. The van der Waals surface area contributed by atoms with E-state index in [1.807, 2.05) is 54.6 Å². The Morgan fingerprint density at radius 3 is 1.69 bits per heavy atom. The van der Waals surface area contributed by atoms with Crippen molar-refractivity contribution in [2.45, 2.75) is 6.54 Å². The maximum atomic E-state index is 13.4. The van der Waals surface area contributed by atoms with Gasteiger partial charge in [0.05, 0.1) is 20.1 Å². The smallest absolute Gasteiger partial charge is 0.187 e. The van der Waals surface area contributed by atoms with Gasteiger partial charge >= 0.3 is 0 Å². The second-order valence-electron chi connectivity index (χ2n) is 7.59. The summed E-state index contributed by atoms with van der Waals surface area (Å²) in [5.41, 5.74) is 3.87. The summed E-state index contributed by atoms with van der Waals surface area (Å²) in [5, 5.41) is 1.76. The lowest BCUT2D eigenvalue weighted by Gasteiger charge is -2.30. The molecule has 0 aromatic heterocycles. The van der Waals surface area contributed by atoms with Gasteiger partial charge in [0.1, 0.15) is 0 Å². The van der Waals surface area contributed by atoms with Gasteiger partial charge in [0.15, 0.2) is 5.78 Å². The Kier molecular flexibility index (Phi) is 7.40. The number of nitrogens with zero attached hydrogens (tertiary/aromatic N) is 1. The van der Waals surface area contributed by atoms with Crippen LogP contribution in [0.3, 0.4) is 0 Å². The fraction of sp³-hybridized carbons (Fsp3) is 0.115.